The van der Waals surface area contributed by atoms with Crippen LogP contribution >= 0.6 is 23.5 Å². The van der Waals surface area contributed by atoms with Crippen molar-refractivity contribution in [1.29, 1.82) is 0 Å². The average Bonchev–Trinajstić information content (AvgIpc) is 3.00. The summed E-state index contributed by atoms with van der Waals surface area (Å²) in [6.07, 6.45) is -3.78. The van der Waals surface area contributed by atoms with Crippen molar-refractivity contribution in [1.82, 2.24) is 4.98 Å². The molecule has 0 saturated heterocycles. The first-order chi connectivity index (χ1) is 12.8. The Labute approximate surface area is 163 Å². The maximum atomic E-state index is 13.0. The van der Waals surface area contributed by atoms with E-state index in [2.05, 4.69) is 15.6 Å². The van der Waals surface area contributed by atoms with E-state index in [4.69, 9.17) is 0 Å². The second kappa shape index (κ2) is 8.02. The van der Waals surface area contributed by atoms with Crippen LogP contribution in [0.25, 0.3) is 0 Å². The van der Waals surface area contributed by atoms with Gasteiger partial charge in [-0.2, -0.15) is 24.9 Å². The molecule has 1 aromatic heterocycles. The number of carbonyl (C=O) groups excluding carboxylic acids is 1. The lowest BCUT2D eigenvalue weighted by atomic mass is 10.1. The number of alkyl halides is 3. The highest BCUT2D eigenvalue weighted by molar-refractivity contribution is 8.04. The lowest BCUT2D eigenvalue weighted by Gasteiger charge is -2.19. The van der Waals surface area contributed by atoms with Gasteiger partial charge in [0.25, 0.3) is 0 Å². The van der Waals surface area contributed by atoms with Gasteiger partial charge < -0.3 is 10.6 Å². The Balaban J connectivity index is 1.87. The third-order valence-electron chi connectivity index (χ3n) is 4.07. The topological polar surface area (TPSA) is 54.0 Å². The van der Waals surface area contributed by atoms with Gasteiger partial charge in [-0.25, -0.2) is 4.98 Å². The lowest BCUT2D eigenvalue weighted by molar-refractivity contribution is -0.137. The van der Waals surface area contributed by atoms with Gasteiger partial charge in [0.15, 0.2) is 0 Å². The summed E-state index contributed by atoms with van der Waals surface area (Å²) in [4.78, 5) is 17.7. The summed E-state index contributed by atoms with van der Waals surface area (Å²) in [5.41, 5.74) is 0.207. The normalized spacial score (nSPS) is 18.9. The van der Waals surface area contributed by atoms with E-state index in [9.17, 15) is 18.0 Å². The highest BCUT2D eigenvalue weighted by Gasteiger charge is 2.38. The van der Waals surface area contributed by atoms with Crippen molar-refractivity contribution >= 4 is 40.9 Å². The number of nitrogens with one attached hydrogen (secondary N) is 2. The molecule has 0 spiro atoms. The first-order valence-electron chi connectivity index (χ1n) is 8.28. The Morgan fingerprint density at radius 2 is 2.07 bits per heavy atom. The van der Waals surface area contributed by atoms with Gasteiger partial charge in [0.05, 0.1) is 16.5 Å². The van der Waals surface area contributed by atoms with Gasteiger partial charge in [0.1, 0.15) is 11.1 Å². The van der Waals surface area contributed by atoms with Crippen molar-refractivity contribution in [2.24, 2.45) is 0 Å². The Hall–Kier alpha value is -1.87. The fourth-order valence-corrected chi connectivity index (χ4v) is 5.57. The van der Waals surface area contributed by atoms with E-state index in [-0.39, 0.29) is 22.7 Å². The molecule has 2 unspecified atom stereocenters. The lowest BCUT2D eigenvalue weighted by Crippen LogP contribution is -2.27. The number of halogens is 3. The average molecular weight is 413 g/mol. The van der Waals surface area contributed by atoms with Crippen LogP contribution in [0.3, 0.4) is 0 Å². The minimum absolute atomic E-state index is 0.0223. The molecule has 0 fully saturated rings. The Morgan fingerprint density at radius 1 is 1.33 bits per heavy atom. The summed E-state index contributed by atoms with van der Waals surface area (Å²) in [5, 5.41) is 4.89. The van der Waals surface area contributed by atoms with Crippen molar-refractivity contribution in [3.05, 3.63) is 47.7 Å². The largest absolute Gasteiger partial charge is 0.417 e. The molecule has 2 atom stereocenters. The molecule has 9 heteroatoms. The summed E-state index contributed by atoms with van der Waals surface area (Å²) in [5.74, 6) is 0.687. The van der Waals surface area contributed by atoms with Crippen LogP contribution in [-0.4, -0.2) is 28.9 Å². The van der Waals surface area contributed by atoms with Crippen LogP contribution in [-0.2, 0) is 11.0 Å². The van der Waals surface area contributed by atoms with Crippen LogP contribution in [0.5, 0.6) is 0 Å². The molecule has 144 valence electrons. The zero-order valence-corrected chi connectivity index (χ0v) is 16.3. The molecule has 2 heterocycles. The fourth-order valence-electron chi connectivity index (χ4n) is 2.85. The van der Waals surface area contributed by atoms with Crippen molar-refractivity contribution in [3.63, 3.8) is 0 Å². The van der Waals surface area contributed by atoms with Gasteiger partial charge in [0, 0.05) is 18.1 Å². The smallest absolute Gasteiger partial charge is 0.371 e. The number of rotatable bonds is 5. The third-order valence-corrected chi connectivity index (χ3v) is 6.83. The Bertz CT molecular complexity index is 845. The quantitative estimate of drug-likeness (QED) is 0.719. The fraction of sp³-hybridized carbons (Fsp3) is 0.333. The number of aromatic nitrogens is 1. The first kappa shape index (κ1) is 19.9. The number of anilines is 2. The van der Waals surface area contributed by atoms with E-state index in [0.717, 1.165) is 28.5 Å². The van der Waals surface area contributed by atoms with Gasteiger partial charge in [-0.05, 0) is 23.4 Å². The molecule has 0 radical (unpaired) electrons. The highest BCUT2D eigenvalue weighted by Crippen LogP contribution is 2.51. The number of benzene rings is 1. The second-order valence-corrected chi connectivity index (χ2v) is 8.41. The molecule has 3 rings (SSSR count). The molecular weight excluding hydrogens is 395 g/mol. The maximum Gasteiger partial charge on any atom is 0.417 e. The number of pyridine rings is 1. The molecule has 1 aliphatic rings. The van der Waals surface area contributed by atoms with Crippen molar-refractivity contribution < 1.29 is 18.0 Å². The number of hydrogen-bond acceptors (Lipinski definition) is 5. The zero-order valence-electron chi connectivity index (χ0n) is 14.6. The minimum atomic E-state index is -4.53. The molecule has 4 nitrogen and oxygen atoms in total. The second-order valence-electron chi connectivity index (χ2n) is 5.81. The maximum absolute atomic E-state index is 13.0. The summed E-state index contributed by atoms with van der Waals surface area (Å²) in [6.45, 7) is 2.01. The first-order valence-corrected chi connectivity index (χ1v) is 10.2. The summed E-state index contributed by atoms with van der Waals surface area (Å²) < 4.78 is 39.0. The van der Waals surface area contributed by atoms with E-state index in [1.54, 1.807) is 18.8 Å². The van der Waals surface area contributed by atoms with E-state index >= 15 is 0 Å². The highest BCUT2D eigenvalue weighted by atomic mass is 32.2. The van der Waals surface area contributed by atoms with Crippen molar-refractivity contribution in [2.75, 3.05) is 23.4 Å². The standard InChI is InChI=1S/C18H18F3N3OS2/c1-3-26-14-11-6-4-5-7-13(11)27-15(14)17(25)24-12-8-10(18(19,20)21)9-23-16(12)22-2/h4-9,14-15H,3H2,1-2H3,(H,22,23)(H,24,25). The summed E-state index contributed by atoms with van der Waals surface area (Å²) in [6, 6.07) is 8.70. The van der Waals surface area contributed by atoms with E-state index in [0.29, 0.717) is 0 Å². The number of carbonyl (C=O) groups is 1. The number of hydrogen-bond donors (Lipinski definition) is 2. The van der Waals surface area contributed by atoms with Crippen LogP contribution in [0.4, 0.5) is 24.7 Å². The van der Waals surface area contributed by atoms with Crippen LogP contribution < -0.4 is 10.6 Å². The third kappa shape index (κ3) is 4.19. The summed E-state index contributed by atoms with van der Waals surface area (Å²) in [7, 11) is 1.54. The van der Waals surface area contributed by atoms with Crippen LogP contribution in [0.15, 0.2) is 41.4 Å². The molecule has 0 bridgehead atoms. The molecule has 1 aliphatic heterocycles. The van der Waals surface area contributed by atoms with Gasteiger partial charge >= 0.3 is 6.18 Å². The van der Waals surface area contributed by atoms with Crippen molar-refractivity contribution in [3.8, 4) is 0 Å². The Kier molecular flexibility index (Phi) is 5.90. The van der Waals surface area contributed by atoms with E-state index < -0.39 is 17.0 Å². The molecule has 1 aromatic carbocycles. The van der Waals surface area contributed by atoms with Gasteiger partial charge in [-0.3, -0.25) is 4.79 Å². The van der Waals surface area contributed by atoms with Gasteiger partial charge in [-0.1, -0.05) is 25.1 Å². The number of fused-ring (bicyclic) bond motifs is 1. The van der Waals surface area contributed by atoms with Crippen LogP contribution in [0.2, 0.25) is 0 Å². The van der Waals surface area contributed by atoms with E-state index in [1.807, 2.05) is 31.2 Å². The van der Waals surface area contributed by atoms with Gasteiger partial charge in [0.2, 0.25) is 5.91 Å². The minimum Gasteiger partial charge on any atom is -0.371 e. The number of nitrogens with zero attached hydrogens (tertiary/aromatic N) is 1. The zero-order chi connectivity index (χ0) is 19.6. The molecule has 2 N–H and O–H groups in total. The SMILES string of the molecule is CCSC1c2ccccc2SC1C(=O)Nc1cc(C(F)(F)F)cnc1NC. The molecule has 0 saturated carbocycles. The number of amides is 1. The molecule has 0 aliphatic carbocycles. The molecule has 27 heavy (non-hydrogen) atoms. The monoisotopic (exact) mass is 413 g/mol. The predicted molar refractivity (Wildman–Crippen MR) is 104 cm³/mol. The van der Waals surface area contributed by atoms with E-state index in [1.165, 1.54) is 11.8 Å². The number of thioether (sulfide) groups is 2. The van der Waals surface area contributed by atoms with Crippen LogP contribution in [0.1, 0.15) is 23.3 Å². The van der Waals surface area contributed by atoms with Gasteiger partial charge in [-0.15, -0.1) is 11.8 Å². The predicted octanol–water partition coefficient (Wildman–Crippen LogP) is 5.05. The van der Waals surface area contributed by atoms with Crippen molar-refractivity contribution in [2.45, 2.75) is 28.5 Å². The van der Waals surface area contributed by atoms with Crippen LogP contribution in [0, 0.1) is 0 Å². The summed E-state index contributed by atoms with van der Waals surface area (Å²) >= 11 is 3.09. The molecule has 2 aromatic rings. The Morgan fingerprint density at radius 3 is 2.74 bits per heavy atom. The molecular formula is C18H18F3N3OS2. The molecule has 1 amide bonds.